The van der Waals surface area contributed by atoms with Gasteiger partial charge in [0.05, 0.1) is 14.2 Å². The molecule has 1 atom stereocenters. The monoisotopic (exact) mass is 468 g/mol. The molecule has 2 aromatic carbocycles. The van der Waals surface area contributed by atoms with Gasteiger partial charge in [-0.1, -0.05) is 30.3 Å². The second-order valence-electron chi connectivity index (χ2n) is 7.22. The number of hydrogen-bond donors (Lipinski definition) is 2. The van der Waals surface area contributed by atoms with Crippen LogP contribution in [0.2, 0.25) is 0 Å². The molecular formula is C24H24N2O8. The first kappa shape index (κ1) is 24.3. The Balaban J connectivity index is 1.64. The second-order valence-corrected chi connectivity index (χ2v) is 7.22. The summed E-state index contributed by atoms with van der Waals surface area (Å²) in [4.78, 5) is 48.6. The van der Waals surface area contributed by atoms with Crippen molar-refractivity contribution in [2.45, 2.75) is 19.1 Å². The minimum absolute atomic E-state index is 0.0364. The molecule has 34 heavy (non-hydrogen) atoms. The summed E-state index contributed by atoms with van der Waals surface area (Å²) in [6, 6.07) is 14.1. The molecule has 1 heterocycles. The Kier molecular flexibility index (Phi) is 8.22. The number of methoxy groups -OCH3 is 2. The number of alkyl carbamates (subject to hydrolysis) is 1. The Morgan fingerprint density at radius 3 is 2.50 bits per heavy atom. The Labute approximate surface area is 194 Å². The van der Waals surface area contributed by atoms with Gasteiger partial charge < -0.3 is 29.3 Å². The van der Waals surface area contributed by atoms with E-state index in [1.54, 1.807) is 30.3 Å². The SMILES string of the molecule is COC(=O)[C@H](Cc1cc(=O)oc2cc(OC)ccc12)NC(=O)CNC(=O)OCc1ccccc1. The fourth-order valence-electron chi connectivity index (χ4n) is 3.23. The number of esters is 1. The molecule has 2 amide bonds. The van der Waals surface area contributed by atoms with Crippen LogP contribution in [0.3, 0.4) is 0 Å². The zero-order valence-corrected chi connectivity index (χ0v) is 18.7. The average molecular weight is 468 g/mol. The third kappa shape index (κ3) is 6.58. The van der Waals surface area contributed by atoms with Gasteiger partial charge in [0.25, 0.3) is 0 Å². The van der Waals surface area contributed by atoms with Crippen LogP contribution < -0.4 is 21.0 Å². The van der Waals surface area contributed by atoms with E-state index in [0.29, 0.717) is 16.7 Å². The van der Waals surface area contributed by atoms with E-state index in [-0.39, 0.29) is 18.6 Å². The minimum Gasteiger partial charge on any atom is -0.497 e. The highest BCUT2D eigenvalue weighted by Crippen LogP contribution is 2.23. The Morgan fingerprint density at radius 2 is 1.79 bits per heavy atom. The van der Waals surface area contributed by atoms with Crippen LogP contribution in [0.1, 0.15) is 11.1 Å². The first-order valence-electron chi connectivity index (χ1n) is 10.3. The smallest absolute Gasteiger partial charge is 0.407 e. The molecule has 0 bridgehead atoms. The summed E-state index contributed by atoms with van der Waals surface area (Å²) in [6.45, 7) is -0.372. The predicted octanol–water partition coefficient (Wildman–Crippen LogP) is 1.93. The quantitative estimate of drug-likeness (QED) is 0.360. The molecule has 0 aliphatic rings. The van der Waals surface area contributed by atoms with Crippen LogP contribution in [0.25, 0.3) is 11.0 Å². The fourth-order valence-corrected chi connectivity index (χ4v) is 3.23. The van der Waals surface area contributed by atoms with Gasteiger partial charge in [0.2, 0.25) is 5.91 Å². The molecule has 0 unspecified atom stereocenters. The predicted molar refractivity (Wildman–Crippen MR) is 121 cm³/mol. The van der Waals surface area contributed by atoms with Crippen molar-refractivity contribution in [2.75, 3.05) is 20.8 Å². The van der Waals surface area contributed by atoms with E-state index in [2.05, 4.69) is 10.6 Å². The summed E-state index contributed by atoms with van der Waals surface area (Å²) in [5.74, 6) is -0.855. The van der Waals surface area contributed by atoms with Crippen LogP contribution in [0.15, 0.2) is 63.8 Å². The molecule has 0 radical (unpaired) electrons. The lowest BCUT2D eigenvalue weighted by Crippen LogP contribution is -2.47. The van der Waals surface area contributed by atoms with Crippen molar-refractivity contribution in [3.8, 4) is 5.75 Å². The normalized spacial score (nSPS) is 11.4. The van der Waals surface area contributed by atoms with Crippen molar-refractivity contribution in [3.05, 3.63) is 76.1 Å². The lowest BCUT2D eigenvalue weighted by atomic mass is 10.0. The van der Waals surface area contributed by atoms with Crippen molar-refractivity contribution in [2.24, 2.45) is 0 Å². The maximum absolute atomic E-state index is 12.4. The molecule has 3 aromatic rings. The number of fused-ring (bicyclic) bond motifs is 1. The Hall–Kier alpha value is -4.34. The van der Waals surface area contributed by atoms with Gasteiger partial charge in [-0.05, 0) is 23.3 Å². The Bertz CT molecular complexity index is 1220. The maximum atomic E-state index is 12.4. The van der Waals surface area contributed by atoms with E-state index in [1.165, 1.54) is 20.3 Å². The third-order valence-electron chi connectivity index (χ3n) is 4.89. The van der Waals surface area contributed by atoms with Crippen molar-refractivity contribution < 1.29 is 33.0 Å². The van der Waals surface area contributed by atoms with Crippen LogP contribution in [0, 0.1) is 0 Å². The lowest BCUT2D eigenvalue weighted by molar-refractivity contribution is -0.144. The van der Waals surface area contributed by atoms with E-state index in [9.17, 15) is 19.2 Å². The first-order chi connectivity index (χ1) is 16.4. The molecule has 0 saturated heterocycles. The topological polar surface area (TPSA) is 133 Å². The molecule has 1 aromatic heterocycles. The fraction of sp³-hybridized carbons (Fsp3) is 0.250. The molecular weight excluding hydrogens is 444 g/mol. The van der Waals surface area contributed by atoms with E-state index in [4.69, 9.17) is 18.6 Å². The molecule has 0 aliphatic carbocycles. The molecule has 2 N–H and O–H groups in total. The van der Waals surface area contributed by atoms with E-state index in [1.807, 2.05) is 18.2 Å². The van der Waals surface area contributed by atoms with E-state index in [0.717, 1.165) is 5.56 Å². The molecule has 10 heteroatoms. The molecule has 178 valence electrons. The second kappa shape index (κ2) is 11.5. The van der Waals surface area contributed by atoms with Gasteiger partial charge in [0, 0.05) is 23.9 Å². The number of amides is 2. The maximum Gasteiger partial charge on any atom is 0.407 e. The summed E-state index contributed by atoms with van der Waals surface area (Å²) >= 11 is 0. The number of rotatable bonds is 9. The number of ether oxygens (including phenoxy) is 3. The van der Waals surface area contributed by atoms with Crippen LogP contribution in [-0.4, -0.2) is 44.8 Å². The van der Waals surface area contributed by atoms with Gasteiger partial charge in [-0.25, -0.2) is 14.4 Å². The summed E-state index contributed by atoms with van der Waals surface area (Å²) in [7, 11) is 2.67. The number of benzene rings is 2. The minimum atomic E-state index is -1.10. The number of carbonyl (C=O) groups is 3. The molecule has 0 saturated carbocycles. The third-order valence-corrected chi connectivity index (χ3v) is 4.89. The standard InChI is InChI=1S/C24H24N2O8/c1-31-17-8-9-18-16(11-22(28)34-20(18)12-17)10-19(23(29)32-2)26-21(27)13-25-24(30)33-14-15-6-4-3-5-7-15/h3-9,11-12,19H,10,13-14H2,1-2H3,(H,25,30)(H,26,27)/t19-/m0/s1. The zero-order valence-electron chi connectivity index (χ0n) is 18.7. The summed E-state index contributed by atoms with van der Waals surface area (Å²) in [5.41, 5.74) is 0.929. The van der Waals surface area contributed by atoms with Crippen LogP contribution in [0.4, 0.5) is 4.79 Å². The van der Waals surface area contributed by atoms with E-state index < -0.39 is 36.2 Å². The van der Waals surface area contributed by atoms with Gasteiger partial charge >= 0.3 is 17.7 Å². The largest absolute Gasteiger partial charge is 0.497 e. The lowest BCUT2D eigenvalue weighted by Gasteiger charge is -2.17. The van der Waals surface area contributed by atoms with Gasteiger partial charge in [-0.15, -0.1) is 0 Å². The van der Waals surface area contributed by atoms with Crippen LogP contribution in [-0.2, 0) is 32.1 Å². The highest BCUT2D eigenvalue weighted by molar-refractivity contribution is 5.88. The molecule has 10 nitrogen and oxygen atoms in total. The van der Waals surface area contributed by atoms with Crippen molar-refractivity contribution >= 4 is 28.9 Å². The summed E-state index contributed by atoms with van der Waals surface area (Å²) in [6.07, 6.45) is -0.820. The van der Waals surface area contributed by atoms with E-state index >= 15 is 0 Å². The number of hydrogen-bond acceptors (Lipinski definition) is 8. The van der Waals surface area contributed by atoms with Gasteiger partial charge in [-0.2, -0.15) is 0 Å². The average Bonchev–Trinajstić information content (AvgIpc) is 2.85. The van der Waals surface area contributed by atoms with Gasteiger partial charge in [0.15, 0.2) is 0 Å². The molecule has 0 fully saturated rings. The highest BCUT2D eigenvalue weighted by atomic mass is 16.5. The number of carbonyl (C=O) groups excluding carboxylic acids is 3. The summed E-state index contributed by atoms with van der Waals surface area (Å²) in [5, 5.41) is 5.41. The van der Waals surface area contributed by atoms with Crippen LogP contribution in [0.5, 0.6) is 5.75 Å². The van der Waals surface area contributed by atoms with Crippen LogP contribution >= 0.6 is 0 Å². The van der Waals surface area contributed by atoms with Crippen molar-refractivity contribution in [1.29, 1.82) is 0 Å². The molecule has 0 aliphatic heterocycles. The van der Waals surface area contributed by atoms with Gasteiger partial charge in [-0.3, -0.25) is 4.79 Å². The molecule has 0 spiro atoms. The zero-order chi connectivity index (χ0) is 24.5. The summed E-state index contributed by atoms with van der Waals surface area (Å²) < 4.78 is 20.2. The van der Waals surface area contributed by atoms with Crippen molar-refractivity contribution in [3.63, 3.8) is 0 Å². The molecule has 3 rings (SSSR count). The highest BCUT2D eigenvalue weighted by Gasteiger charge is 2.24. The number of nitrogens with one attached hydrogen (secondary N) is 2. The van der Waals surface area contributed by atoms with Crippen molar-refractivity contribution in [1.82, 2.24) is 10.6 Å². The first-order valence-corrected chi connectivity index (χ1v) is 10.3. The van der Waals surface area contributed by atoms with Gasteiger partial charge in [0.1, 0.15) is 30.5 Å². The Morgan fingerprint density at radius 1 is 1.03 bits per heavy atom.